The van der Waals surface area contributed by atoms with E-state index >= 15 is 0 Å². The third kappa shape index (κ3) is 1.96. The fourth-order valence-electron chi connectivity index (χ4n) is 1.85. The van der Waals surface area contributed by atoms with Crippen molar-refractivity contribution in [3.05, 3.63) is 35.4 Å². The van der Waals surface area contributed by atoms with Gasteiger partial charge >= 0.3 is 6.03 Å². The van der Waals surface area contributed by atoms with E-state index in [4.69, 9.17) is 0 Å². The molecule has 1 aromatic carbocycles. The molecule has 1 fully saturated rings. The van der Waals surface area contributed by atoms with Crippen molar-refractivity contribution in [1.82, 2.24) is 10.2 Å². The molecule has 1 aliphatic rings. The van der Waals surface area contributed by atoms with E-state index in [1.54, 1.807) is 0 Å². The topological polar surface area (TPSA) is 32.3 Å². The van der Waals surface area contributed by atoms with Crippen LogP contribution in [0, 0.1) is 6.92 Å². The highest BCUT2D eigenvalue weighted by molar-refractivity contribution is 5.77. The highest BCUT2D eigenvalue weighted by atomic mass is 16.2. The molecule has 1 atom stereocenters. The minimum atomic E-state index is 0.0445. The number of hydrogen-bond acceptors (Lipinski definition) is 1. The van der Waals surface area contributed by atoms with Gasteiger partial charge in [0.1, 0.15) is 0 Å². The Morgan fingerprint density at radius 2 is 2.07 bits per heavy atom. The Labute approximate surface area is 90.1 Å². The van der Waals surface area contributed by atoms with Crippen molar-refractivity contribution >= 4 is 6.03 Å². The van der Waals surface area contributed by atoms with Gasteiger partial charge in [-0.2, -0.15) is 0 Å². The Morgan fingerprint density at radius 1 is 1.40 bits per heavy atom. The second-order valence-corrected chi connectivity index (χ2v) is 3.95. The molecule has 3 heteroatoms. The summed E-state index contributed by atoms with van der Waals surface area (Å²) in [7, 11) is 0. The number of urea groups is 1. The average molecular weight is 204 g/mol. The van der Waals surface area contributed by atoms with Crippen LogP contribution in [-0.4, -0.2) is 24.0 Å². The molecule has 1 unspecified atom stereocenters. The zero-order valence-electron chi connectivity index (χ0n) is 9.16. The fourth-order valence-corrected chi connectivity index (χ4v) is 1.85. The van der Waals surface area contributed by atoms with Crippen molar-refractivity contribution in [1.29, 1.82) is 0 Å². The smallest absolute Gasteiger partial charge is 0.318 e. The molecule has 1 aliphatic heterocycles. The summed E-state index contributed by atoms with van der Waals surface area (Å²) in [5.41, 5.74) is 2.43. The van der Waals surface area contributed by atoms with Gasteiger partial charge in [-0.25, -0.2) is 4.79 Å². The van der Waals surface area contributed by atoms with E-state index in [1.165, 1.54) is 11.1 Å². The number of rotatable bonds is 2. The fraction of sp³-hybridized carbons (Fsp3) is 0.417. The van der Waals surface area contributed by atoms with Crippen LogP contribution >= 0.6 is 0 Å². The number of carbonyl (C=O) groups is 1. The van der Waals surface area contributed by atoms with Gasteiger partial charge in [-0.15, -0.1) is 0 Å². The molecular weight excluding hydrogens is 188 g/mol. The second kappa shape index (κ2) is 3.93. The number of likely N-dealkylation sites (N-methyl/N-ethyl adjacent to an activating group) is 1. The summed E-state index contributed by atoms with van der Waals surface area (Å²) in [6.45, 7) is 5.61. The summed E-state index contributed by atoms with van der Waals surface area (Å²) >= 11 is 0. The maximum atomic E-state index is 11.5. The zero-order chi connectivity index (χ0) is 10.8. The van der Waals surface area contributed by atoms with Crippen molar-refractivity contribution in [2.75, 3.05) is 13.1 Å². The van der Waals surface area contributed by atoms with Gasteiger partial charge in [-0.05, 0) is 19.4 Å². The van der Waals surface area contributed by atoms with Crippen LogP contribution in [0.15, 0.2) is 24.3 Å². The number of carbonyl (C=O) groups excluding carboxylic acids is 1. The first kappa shape index (κ1) is 10.0. The molecule has 0 bridgehead atoms. The summed E-state index contributed by atoms with van der Waals surface area (Å²) in [6.07, 6.45) is 0. The van der Waals surface area contributed by atoms with Gasteiger partial charge in [0.15, 0.2) is 0 Å². The van der Waals surface area contributed by atoms with Crippen LogP contribution in [0.25, 0.3) is 0 Å². The first-order chi connectivity index (χ1) is 7.20. The van der Waals surface area contributed by atoms with E-state index in [-0.39, 0.29) is 12.1 Å². The third-order valence-corrected chi connectivity index (χ3v) is 2.85. The quantitative estimate of drug-likeness (QED) is 0.786. The van der Waals surface area contributed by atoms with Gasteiger partial charge in [0.25, 0.3) is 0 Å². The zero-order valence-corrected chi connectivity index (χ0v) is 9.16. The maximum Gasteiger partial charge on any atom is 0.318 e. The number of aryl methyl sites for hydroxylation is 1. The van der Waals surface area contributed by atoms with Crippen molar-refractivity contribution in [3.63, 3.8) is 0 Å². The molecule has 0 aromatic heterocycles. The van der Waals surface area contributed by atoms with Gasteiger partial charge in [0, 0.05) is 13.1 Å². The van der Waals surface area contributed by atoms with Crippen LogP contribution in [0.5, 0.6) is 0 Å². The number of amides is 2. The van der Waals surface area contributed by atoms with E-state index in [9.17, 15) is 4.79 Å². The monoisotopic (exact) mass is 204 g/mol. The average Bonchev–Trinajstić information content (AvgIpc) is 2.61. The molecule has 3 nitrogen and oxygen atoms in total. The number of benzene rings is 1. The lowest BCUT2D eigenvalue weighted by Gasteiger charge is -2.11. The predicted octanol–water partition coefficient (Wildman–Crippen LogP) is 2.08. The lowest BCUT2D eigenvalue weighted by atomic mass is 10.1. The second-order valence-electron chi connectivity index (χ2n) is 3.95. The summed E-state index contributed by atoms with van der Waals surface area (Å²) in [6, 6.07) is 8.52. The molecule has 1 saturated heterocycles. The third-order valence-electron chi connectivity index (χ3n) is 2.85. The molecule has 2 amide bonds. The van der Waals surface area contributed by atoms with E-state index < -0.39 is 0 Å². The van der Waals surface area contributed by atoms with Crippen LogP contribution in [0.4, 0.5) is 4.79 Å². The van der Waals surface area contributed by atoms with Crippen LogP contribution in [-0.2, 0) is 0 Å². The minimum Gasteiger partial charge on any atom is -0.329 e. The van der Waals surface area contributed by atoms with E-state index in [1.807, 2.05) is 11.8 Å². The van der Waals surface area contributed by atoms with Gasteiger partial charge in [-0.3, -0.25) is 0 Å². The molecular formula is C12H16N2O. The Morgan fingerprint density at radius 3 is 2.60 bits per heavy atom. The van der Waals surface area contributed by atoms with E-state index in [0.717, 1.165) is 13.1 Å². The van der Waals surface area contributed by atoms with Crippen molar-refractivity contribution in [3.8, 4) is 0 Å². The Hall–Kier alpha value is -1.51. The number of nitrogens with one attached hydrogen (secondary N) is 1. The summed E-state index contributed by atoms with van der Waals surface area (Å²) < 4.78 is 0. The summed E-state index contributed by atoms with van der Waals surface area (Å²) in [5, 5.41) is 2.98. The molecule has 1 N–H and O–H groups in total. The first-order valence-corrected chi connectivity index (χ1v) is 5.32. The van der Waals surface area contributed by atoms with Crippen molar-refractivity contribution < 1.29 is 4.79 Å². The lowest BCUT2D eigenvalue weighted by Crippen LogP contribution is -2.27. The molecule has 15 heavy (non-hydrogen) atoms. The molecule has 1 heterocycles. The molecule has 0 saturated carbocycles. The normalized spacial score (nSPS) is 20.5. The van der Waals surface area contributed by atoms with Gasteiger partial charge in [0.05, 0.1) is 6.04 Å². The maximum absolute atomic E-state index is 11.5. The van der Waals surface area contributed by atoms with Crippen LogP contribution in [0.1, 0.15) is 24.1 Å². The largest absolute Gasteiger partial charge is 0.329 e. The number of nitrogens with zero attached hydrogens (tertiary/aromatic N) is 1. The minimum absolute atomic E-state index is 0.0445. The SMILES string of the molecule is CCN1CC(c2ccc(C)cc2)NC1=O. The molecule has 1 aromatic rings. The molecule has 2 rings (SSSR count). The van der Waals surface area contributed by atoms with Crippen molar-refractivity contribution in [2.45, 2.75) is 19.9 Å². The van der Waals surface area contributed by atoms with Gasteiger partial charge in [0.2, 0.25) is 0 Å². The Balaban J connectivity index is 2.13. The van der Waals surface area contributed by atoms with E-state index in [2.05, 4.69) is 36.5 Å². The van der Waals surface area contributed by atoms with E-state index in [0.29, 0.717) is 0 Å². The molecule has 0 radical (unpaired) electrons. The summed E-state index contributed by atoms with van der Waals surface area (Å²) in [5.74, 6) is 0. The van der Waals surface area contributed by atoms with Gasteiger partial charge in [-0.1, -0.05) is 29.8 Å². The van der Waals surface area contributed by atoms with Crippen LogP contribution < -0.4 is 5.32 Å². The highest BCUT2D eigenvalue weighted by Gasteiger charge is 2.27. The Bertz CT molecular complexity index is 358. The first-order valence-electron chi connectivity index (χ1n) is 5.32. The number of hydrogen-bond donors (Lipinski definition) is 1. The molecule has 0 spiro atoms. The molecule has 80 valence electrons. The molecule has 0 aliphatic carbocycles. The summed E-state index contributed by atoms with van der Waals surface area (Å²) in [4.78, 5) is 13.3. The predicted molar refractivity (Wildman–Crippen MR) is 59.7 cm³/mol. The van der Waals surface area contributed by atoms with Crippen LogP contribution in [0.3, 0.4) is 0 Å². The highest BCUT2D eigenvalue weighted by Crippen LogP contribution is 2.20. The van der Waals surface area contributed by atoms with Crippen molar-refractivity contribution in [2.24, 2.45) is 0 Å². The van der Waals surface area contributed by atoms with Gasteiger partial charge < -0.3 is 10.2 Å². The Kier molecular flexibility index (Phi) is 2.62. The standard InChI is InChI=1S/C12H16N2O/c1-3-14-8-11(13-12(14)15)10-6-4-9(2)5-7-10/h4-7,11H,3,8H2,1-2H3,(H,13,15). The van der Waals surface area contributed by atoms with Crippen LogP contribution in [0.2, 0.25) is 0 Å². The lowest BCUT2D eigenvalue weighted by molar-refractivity contribution is 0.219.